The van der Waals surface area contributed by atoms with Crippen LogP contribution < -0.4 is 0 Å². The third-order valence-corrected chi connectivity index (χ3v) is 8.20. The summed E-state index contributed by atoms with van der Waals surface area (Å²) < 4.78 is 0. The Kier molecular flexibility index (Phi) is 19.8. The molecule has 170 valence electrons. The Hall–Kier alpha value is -0.000519. The van der Waals surface area contributed by atoms with Crippen LogP contribution in [0.15, 0.2) is 9.88 Å². The zero-order valence-electron chi connectivity index (χ0n) is 20.1. The van der Waals surface area contributed by atoms with Crippen molar-refractivity contribution < 1.29 is 0 Å². The molecule has 29 heavy (non-hydrogen) atoms. The van der Waals surface area contributed by atoms with E-state index in [0.717, 1.165) is 0 Å². The molecule has 0 aliphatic carbocycles. The van der Waals surface area contributed by atoms with E-state index in [1.54, 1.807) is 11.1 Å². The van der Waals surface area contributed by atoms with Crippen LogP contribution >= 0.6 is 0 Å². The molecule has 0 atom stereocenters. The number of aryl methyl sites for hydroxylation is 2. The molecule has 1 heterocycles. The van der Waals surface area contributed by atoms with E-state index in [-0.39, 0.29) is 0 Å². The van der Waals surface area contributed by atoms with Crippen LogP contribution in [0.3, 0.4) is 0 Å². The third kappa shape index (κ3) is 16.4. The first kappa shape index (κ1) is 27.0. The van der Waals surface area contributed by atoms with E-state index in [2.05, 4.69) is 23.7 Å². The van der Waals surface area contributed by atoms with Gasteiger partial charge in [0.1, 0.15) is 0 Å². The van der Waals surface area contributed by atoms with Gasteiger partial charge in [0.05, 0.1) is 0 Å². The van der Waals surface area contributed by atoms with Crippen molar-refractivity contribution in [1.82, 2.24) is 0 Å². The van der Waals surface area contributed by atoms with Crippen molar-refractivity contribution in [3.05, 3.63) is 21.0 Å². The minimum Gasteiger partial charge on any atom is -0.0654 e. The first-order chi connectivity index (χ1) is 14.4. The second-order valence-electron chi connectivity index (χ2n) is 9.29. The number of hydrogen-bond acceptors (Lipinski definition) is 0. The topological polar surface area (TPSA) is 0 Å². The molecular weight excluding hydrogens is 415 g/mol. The fourth-order valence-electron chi connectivity index (χ4n) is 4.39. The van der Waals surface area contributed by atoms with Crippen molar-refractivity contribution >= 4 is 14.5 Å². The Morgan fingerprint density at radius 2 is 0.690 bits per heavy atom. The Bertz CT molecular complexity index is 395. The predicted molar refractivity (Wildman–Crippen MR) is 134 cm³/mol. The molecule has 0 amide bonds. The first-order valence-corrected chi connectivity index (χ1v) is 15.4. The molecule has 0 N–H and O–H groups in total. The van der Waals surface area contributed by atoms with Gasteiger partial charge in [-0.15, -0.1) is 0 Å². The van der Waals surface area contributed by atoms with Crippen molar-refractivity contribution in [3.8, 4) is 0 Å². The van der Waals surface area contributed by atoms with Crippen LogP contribution in [-0.4, -0.2) is 14.5 Å². The van der Waals surface area contributed by atoms with Crippen molar-refractivity contribution in [3.63, 3.8) is 0 Å². The standard InChI is InChI=1S/C28H52Se/c1-3-5-7-9-11-13-15-17-19-21-23-27-25-29-26-28(27)24-22-20-18-16-14-12-10-8-6-4-2/h25-26H,3-24H2,1-2H3. The average molecular weight is 468 g/mol. The summed E-state index contributed by atoms with van der Waals surface area (Å²) in [5.74, 6) is 0. The van der Waals surface area contributed by atoms with Crippen LogP contribution in [0, 0.1) is 0 Å². The minimum absolute atomic E-state index is 0.668. The summed E-state index contributed by atoms with van der Waals surface area (Å²) in [5, 5.41) is 0. The summed E-state index contributed by atoms with van der Waals surface area (Å²) >= 11 is 0.668. The van der Waals surface area contributed by atoms with Gasteiger partial charge < -0.3 is 0 Å². The SMILES string of the molecule is CCCCCCCCCCCCc1c[se]cc1CCCCCCCCCCCC. The van der Waals surface area contributed by atoms with Crippen LogP contribution in [0.1, 0.15) is 153 Å². The number of rotatable bonds is 22. The Morgan fingerprint density at radius 1 is 0.414 bits per heavy atom. The second kappa shape index (κ2) is 21.2. The van der Waals surface area contributed by atoms with Crippen LogP contribution in [0.4, 0.5) is 0 Å². The van der Waals surface area contributed by atoms with Gasteiger partial charge >= 0.3 is 164 Å². The van der Waals surface area contributed by atoms with Gasteiger partial charge in [-0.2, -0.15) is 0 Å². The molecule has 0 spiro atoms. The molecule has 1 aromatic rings. The fraction of sp³-hybridized carbons (Fsp3) is 0.857. The molecule has 0 aliphatic heterocycles. The van der Waals surface area contributed by atoms with Gasteiger partial charge in [-0.3, -0.25) is 0 Å². The molecule has 0 unspecified atom stereocenters. The zero-order chi connectivity index (χ0) is 20.8. The zero-order valence-corrected chi connectivity index (χ0v) is 21.8. The van der Waals surface area contributed by atoms with E-state index in [0.29, 0.717) is 14.5 Å². The van der Waals surface area contributed by atoms with Gasteiger partial charge in [-0.25, -0.2) is 0 Å². The quantitative estimate of drug-likeness (QED) is 0.118. The molecule has 0 aliphatic rings. The second-order valence-corrected chi connectivity index (χ2v) is 10.8. The normalized spacial score (nSPS) is 11.4. The Morgan fingerprint density at radius 3 is 1.00 bits per heavy atom. The predicted octanol–water partition coefficient (Wildman–Crippen LogP) is 9.67. The summed E-state index contributed by atoms with van der Waals surface area (Å²) in [6.07, 6.45) is 31.7. The smallest absolute Gasteiger partial charge is 0.0654 e. The van der Waals surface area contributed by atoms with Crippen LogP contribution in [0.25, 0.3) is 0 Å². The van der Waals surface area contributed by atoms with E-state index >= 15 is 0 Å². The maximum atomic E-state index is 2.58. The van der Waals surface area contributed by atoms with E-state index < -0.39 is 0 Å². The van der Waals surface area contributed by atoms with E-state index in [4.69, 9.17) is 0 Å². The Balaban J connectivity index is 1.93. The molecule has 0 saturated heterocycles. The Labute approximate surface area is 190 Å². The van der Waals surface area contributed by atoms with Crippen molar-refractivity contribution in [2.24, 2.45) is 0 Å². The van der Waals surface area contributed by atoms with Crippen LogP contribution in [0.2, 0.25) is 0 Å². The van der Waals surface area contributed by atoms with E-state index in [1.165, 1.54) is 141 Å². The molecule has 0 aromatic carbocycles. The average Bonchev–Trinajstić information content (AvgIpc) is 3.18. The van der Waals surface area contributed by atoms with E-state index in [1.807, 2.05) is 0 Å². The molecule has 1 rings (SSSR count). The van der Waals surface area contributed by atoms with Gasteiger partial charge in [0.2, 0.25) is 0 Å². The summed E-state index contributed by atoms with van der Waals surface area (Å²) in [6, 6.07) is 0. The summed E-state index contributed by atoms with van der Waals surface area (Å²) in [6.45, 7) is 4.61. The summed E-state index contributed by atoms with van der Waals surface area (Å²) in [5.41, 5.74) is 3.47. The molecule has 1 aromatic heterocycles. The van der Waals surface area contributed by atoms with Gasteiger partial charge in [0, 0.05) is 0 Å². The molecule has 0 bridgehead atoms. The van der Waals surface area contributed by atoms with Gasteiger partial charge in [0.15, 0.2) is 0 Å². The number of hydrogen-bond donors (Lipinski definition) is 0. The third-order valence-electron chi connectivity index (χ3n) is 6.43. The molecule has 0 nitrogen and oxygen atoms in total. The monoisotopic (exact) mass is 468 g/mol. The molecule has 0 radical (unpaired) electrons. The molecule has 0 saturated carbocycles. The van der Waals surface area contributed by atoms with Gasteiger partial charge in [-0.1, -0.05) is 26.7 Å². The molecule has 1 heteroatoms. The van der Waals surface area contributed by atoms with Crippen molar-refractivity contribution in [2.75, 3.05) is 0 Å². The number of unbranched alkanes of at least 4 members (excludes halogenated alkanes) is 18. The minimum atomic E-state index is 0.668. The summed E-state index contributed by atoms with van der Waals surface area (Å²) in [4.78, 5) is 5.15. The van der Waals surface area contributed by atoms with Crippen LogP contribution in [-0.2, 0) is 12.8 Å². The van der Waals surface area contributed by atoms with Crippen LogP contribution in [0.5, 0.6) is 0 Å². The van der Waals surface area contributed by atoms with Crippen molar-refractivity contribution in [1.29, 1.82) is 0 Å². The fourth-order valence-corrected chi connectivity index (χ4v) is 6.36. The summed E-state index contributed by atoms with van der Waals surface area (Å²) in [7, 11) is 0. The van der Waals surface area contributed by atoms with E-state index in [9.17, 15) is 0 Å². The van der Waals surface area contributed by atoms with Crippen molar-refractivity contribution in [2.45, 2.75) is 155 Å². The molecular formula is C28H52Se. The molecule has 0 fully saturated rings. The van der Waals surface area contributed by atoms with Gasteiger partial charge in [-0.05, 0) is 0 Å². The maximum absolute atomic E-state index is 2.58. The van der Waals surface area contributed by atoms with Gasteiger partial charge in [0.25, 0.3) is 0 Å². The first-order valence-electron chi connectivity index (χ1n) is 13.4.